The van der Waals surface area contributed by atoms with E-state index in [0.29, 0.717) is 0 Å². The third-order valence-corrected chi connectivity index (χ3v) is 5.49. The van der Waals surface area contributed by atoms with Gasteiger partial charge in [-0.15, -0.1) is 22.7 Å². The van der Waals surface area contributed by atoms with Crippen LogP contribution in [0.5, 0.6) is 0 Å². The molecule has 0 radical (unpaired) electrons. The lowest BCUT2D eigenvalue weighted by Gasteiger charge is -2.19. The molecule has 0 amide bonds. The lowest BCUT2D eigenvalue weighted by Crippen LogP contribution is -2.18. The van der Waals surface area contributed by atoms with Crippen LogP contribution < -0.4 is 4.80 Å². The molecule has 0 spiro atoms. The van der Waals surface area contributed by atoms with Crippen LogP contribution in [-0.2, 0) is 0 Å². The molecule has 1 atom stereocenters. The van der Waals surface area contributed by atoms with Crippen LogP contribution in [0.1, 0.15) is 39.5 Å². The largest absolute Gasteiger partial charge is 0.258 e. The van der Waals surface area contributed by atoms with Gasteiger partial charge in [-0.2, -0.15) is 5.10 Å². The molecule has 2 aromatic rings. The summed E-state index contributed by atoms with van der Waals surface area (Å²) in [5.74, 6) is 0.758. The van der Waals surface area contributed by atoms with Crippen LogP contribution >= 0.6 is 22.7 Å². The van der Waals surface area contributed by atoms with E-state index in [-0.39, 0.29) is 0 Å². The molecular formula is C16H21N3S2. The first-order valence-corrected chi connectivity index (χ1v) is 9.35. The predicted octanol–water partition coefficient (Wildman–Crippen LogP) is 4.61. The summed E-state index contributed by atoms with van der Waals surface area (Å²) in [5.41, 5.74) is 2.50. The molecule has 21 heavy (non-hydrogen) atoms. The molecule has 0 bridgehead atoms. The summed E-state index contributed by atoms with van der Waals surface area (Å²) >= 11 is 3.44. The van der Waals surface area contributed by atoms with Gasteiger partial charge in [0.25, 0.3) is 0 Å². The predicted molar refractivity (Wildman–Crippen MR) is 92.2 cm³/mol. The Balaban J connectivity index is 2.05. The summed E-state index contributed by atoms with van der Waals surface area (Å²) in [6, 6.07) is 4.25. The van der Waals surface area contributed by atoms with E-state index in [1.54, 1.807) is 22.7 Å². The fourth-order valence-electron chi connectivity index (χ4n) is 2.73. The molecule has 5 heteroatoms. The molecule has 1 saturated carbocycles. The summed E-state index contributed by atoms with van der Waals surface area (Å²) in [6.07, 6.45) is 4.84. The van der Waals surface area contributed by atoms with Crippen LogP contribution in [0.2, 0.25) is 0 Å². The van der Waals surface area contributed by atoms with Crippen LogP contribution in [0.25, 0.3) is 10.6 Å². The summed E-state index contributed by atoms with van der Waals surface area (Å²) in [4.78, 5) is 6.87. The van der Waals surface area contributed by atoms with E-state index in [0.717, 1.165) is 30.1 Å². The Labute approximate surface area is 133 Å². The molecule has 1 unspecified atom stereocenters. The van der Waals surface area contributed by atoms with Gasteiger partial charge in [-0.3, -0.25) is 4.99 Å². The smallest absolute Gasteiger partial charge is 0.206 e. The third kappa shape index (κ3) is 3.35. The van der Waals surface area contributed by atoms with Crippen molar-refractivity contribution < 1.29 is 0 Å². The Hall–Kier alpha value is -1.20. The number of aromatic nitrogens is 1. The fourth-order valence-corrected chi connectivity index (χ4v) is 4.42. The quantitative estimate of drug-likeness (QED) is 0.790. The zero-order valence-corrected chi connectivity index (χ0v) is 14.2. The van der Waals surface area contributed by atoms with Crippen molar-refractivity contribution in [3.05, 3.63) is 27.7 Å². The molecule has 0 N–H and O–H groups in total. The van der Waals surface area contributed by atoms with Gasteiger partial charge in [-0.05, 0) is 50.0 Å². The lowest BCUT2D eigenvalue weighted by molar-refractivity contribution is 0.497. The summed E-state index contributed by atoms with van der Waals surface area (Å²) in [6.45, 7) is 5.20. The number of rotatable bonds is 3. The lowest BCUT2D eigenvalue weighted by atomic mass is 9.89. The van der Waals surface area contributed by atoms with Crippen LogP contribution in [0.15, 0.2) is 33.0 Å². The Morgan fingerprint density at radius 1 is 1.38 bits per heavy atom. The second-order valence-electron chi connectivity index (χ2n) is 5.53. The SMILES string of the molecule is CCN=c1scc(-c2cccs2)n1N=C1CCCC(C)C1. The highest BCUT2D eigenvalue weighted by Crippen LogP contribution is 2.26. The third-order valence-electron chi connectivity index (χ3n) is 3.74. The molecule has 3 nitrogen and oxygen atoms in total. The van der Waals surface area contributed by atoms with Crippen LogP contribution in [-0.4, -0.2) is 16.9 Å². The maximum absolute atomic E-state index is 4.96. The Morgan fingerprint density at radius 3 is 3.00 bits per heavy atom. The van der Waals surface area contributed by atoms with Crippen molar-refractivity contribution in [3.63, 3.8) is 0 Å². The molecule has 2 aromatic heterocycles. The molecule has 1 fully saturated rings. The van der Waals surface area contributed by atoms with Crippen molar-refractivity contribution in [1.82, 2.24) is 4.68 Å². The molecule has 1 aliphatic rings. The van der Waals surface area contributed by atoms with Gasteiger partial charge in [-0.25, -0.2) is 4.68 Å². The first kappa shape index (κ1) is 14.7. The maximum Gasteiger partial charge on any atom is 0.206 e. The molecule has 3 rings (SSSR count). The highest BCUT2D eigenvalue weighted by molar-refractivity contribution is 7.14. The van der Waals surface area contributed by atoms with Gasteiger partial charge < -0.3 is 0 Å². The monoisotopic (exact) mass is 319 g/mol. The number of hydrogen-bond acceptors (Lipinski definition) is 4. The van der Waals surface area contributed by atoms with Gasteiger partial charge in [-0.1, -0.05) is 13.0 Å². The van der Waals surface area contributed by atoms with Crippen molar-refractivity contribution in [2.24, 2.45) is 16.0 Å². The van der Waals surface area contributed by atoms with Crippen LogP contribution in [0.4, 0.5) is 0 Å². The molecule has 112 valence electrons. The standard InChI is InChI=1S/C16H21N3S2/c1-3-17-16-19(18-13-7-4-6-12(2)10-13)14(11-21-16)15-8-5-9-20-15/h5,8-9,11-12H,3-4,6-7,10H2,1-2H3. The minimum atomic E-state index is 0.758. The minimum absolute atomic E-state index is 0.758. The first-order chi connectivity index (χ1) is 10.3. The van der Waals surface area contributed by atoms with Gasteiger partial charge in [0.05, 0.1) is 10.6 Å². The first-order valence-electron chi connectivity index (χ1n) is 7.59. The number of thiazole rings is 1. The van der Waals surface area contributed by atoms with Gasteiger partial charge in [0.1, 0.15) is 0 Å². The second-order valence-corrected chi connectivity index (χ2v) is 7.32. The fraction of sp³-hybridized carbons (Fsp3) is 0.500. The number of nitrogens with zero attached hydrogens (tertiary/aromatic N) is 3. The molecule has 0 aliphatic heterocycles. The van der Waals surface area contributed by atoms with Gasteiger partial charge in [0.15, 0.2) is 0 Å². The highest BCUT2D eigenvalue weighted by atomic mass is 32.1. The van der Waals surface area contributed by atoms with Crippen molar-refractivity contribution >= 4 is 28.4 Å². The van der Waals surface area contributed by atoms with Crippen molar-refractivity contribution in [2.45, 2.75) is 39.5 Å². The van der Waals surface area contributed by atoms with Crippen molar-refractivity contribution in [2.75, 3.05) is 6.54 Å². The van der Waals surface area contributed by atoms with E-state index in [1.807, 2.05) is 0 Å². The summed E-state index contributed by atoms with van der Waals surface area (Å²) in [7, 11) is 0. The molecule has 1 aliphatic carbocycles. The van der Waals surface area contributed by atoms with E-state index in [1.165, 1.54) is 29.1 Å². The average molecular weight is 319 g/mol. The van der Waals surface area contributed by atoms with E-state index < -0.39 is 0 Å². The number of thiophene rings is 1. The average Bonchev–Trinajstić information content (AvgIpc) is 3.10. The summed E-state index contributed by atoms with van der Waals surface area (Å²) in [5, 5.41) is 9.25. The Morgan fingerprint density at radius 2 is 2.29 bits per heavy atom. The van der Waals surface area contributed by atoms with E-state index in [2.05, 4.69) is 46.4 Å². The molecule has 0 saturated heterocycles. The van der Waals surface area contributed by atoms with Gasteiger partial charge >= 0.3 is 0 Å². The Kier molecular flexibility index (Phi) is 4.70. The van der Waals surface area contributed by atoms with Crippen molar-refractivity contribution in [1.29, 1.82) is 0 Å². The van der Waals surface area contributed by atoms with E-state index in [9.17, 15) is 0 Å². The van der Waals surface area contributed by atoms with Crippen LogP contribution in [0.3, 0.4) is 0 Å². The highest BCUT2D eigenvalue weighted by Gasteiger charge is 2.16. The number of hydrogen-bond donors (Lipinski definition) is 0. The zero-order chi connectivity index (χ0) is 14.7. The van der Waals surface area contributed by atoms with Crippen molar-refractivity contribution in [3.8, 4) is 10.6 Å². The molecule has 0 aromatic carbocycles. The topological polar surface area (TPSA) is 29.6 Å². The van der Waals surface area contributed by atoms with Crippen LogP contribution in [0, 0.1) is 5.92 Å². The maximum atomic E-state index is 4.96. The zero-order valence-electron chi connectivity index (χ0n) is 12.6. The summed E-state index contributed by atoms with van der Waals surface area (Å²) < 4.78 is 2.06. The van der Waals surface area contributed by atoms with Gasteiger partial charge in [0, 0.05) is 17.6 Å². The van der Waals surface area contributed by atoms with E-state index >= 15 is 0 Å². The Bertz CT molecular complexity index is 677. The second kappa shape index (κ2) is 6.71. The van der Waals surface area contributed by atoms with E-state index in [4.69, 9.17) is 5.10 Å². The molecular weight excluding hydrogens is 298 g/mol. The minimum Gasteiger partial charge on any atom is -0.258 e. The normalized spacial score (nSPS) is 22.1. The van der Waals surface area contributed by atoms with Gasteiger partial charge in [0.2, 0.25) is 4.80 Å². The molecule has 2 heterocycles.